The Morgan fingerprint density at radius 3 is 2.88 bits per heavy atom. The maximum Gasteiger partial charge on any atom is 0.254 e. The Bertz CT molecular complexity index is 345. The normalized spacial score (nSPS) is 12.4. The van der Waals surface area contributed by atoms with Crippen molar-refractivity contribution >= 4 is 21.8 Å². The highest BCUT2D eigenvalue weighted by Crippen LogP contribution is 2.12. The van der Waals surface area contributed by atoms with Gasteiger partial charge in [-0.1, -0.05) is 29.3 Å². The zero-order valence-electron chi connectivity index (χ0n) is 10.4. The van der Waals surface area contributed by atoms with Gasteiger partial charge < -0.3 is 5.32 Å². The second-order valence-corrected chi connectivity index (χ2v) is 5.04. The maximum atomic E-state index is 11.9. The molecule has 0 aromatic carbocycles. The highest BCUT2D eigenvalue weighted by atomic mass is 79.9. The minimum absolute atomic E-state index is 0.0353. The van der Waals surface area contributed by atoms with E-state index < -0.39 is 0 Å². The zero-order valence-corrected chi connectivity index (χ0v) is 12.0. The van der Waals surface area contributed by atoms with E-state index in [0.29, 0.717) is 11.5 Å². The number of aromatic amines is 1. The molecule has 17 heavy (non-hydrogen) atoms. The Balaban J connectivity index is 2.43. The summed E-state index contributed by atoms with van der Waals surface area (Å²) >= 11 is 3.45. The van der Waals surface area contributed by atoms with Crippen LogP contribution in [0.2, 0.25) is 0 Å². The van der Waals surface area contributed by atoms with Crippen LogP contribution >= 0.6 is 15.9 Å². The van der Waals surface area contributed by atoms with Crippen molar-refractivity contribution in [2.75, 3.05) is 11.9 Å². The molecule has 1 amide bonds. The summed E-state index contributed by atoms with van der Waals surface area (Å²) in [5, 5.41) is 10.6. The average Bonchev–Trinajstić information content (AvgIpc) is 2.72. The Hall–Kier alpha value is -0.840. The molecule has 1 aromatic rings. The number of carbonyl (C=O) groups is 1. The van der Waals surface area contributed by atoms with E-state index in [1.807, 2.05) is 6.92 Å². The summed E-state index contributed by atoms with van der Waals surface area (Å²) in [7, 11) is 0. The predicted molar refractivity (Wildman–Crippen MR) is 72.5 cm³/mol. The van der Waals surface area contributed by atoms with Crippen LogP contribution in [-0.2, 0) is 0 Å². The fraction of sp³-hybridized carbons (Fsp3) is 0.667. The van der Waals surface area contributed by atoms with Crippen molar-refractivity contribution in [1.82, 2.24) is 15.5 Å². The molecular formula is C12H20BrN3O. The van der Waals surface area contributed by atoms with Crippen LogP contribution in [0.4, 0.5) is 0 Å². The zero-order chi connectivity index (χ0) is 12.7. The van der Waals surface area contributed by atoms with Crippen LogP contribution < -0.4 is 5.32 Å². The third-order valence-corrected chi connectivity index (χ3v) is 3.30. The summed E-state index contributed by atoms with van der Waals surface area (Å²) in [6, 6.07) is 0. The number of halogens is 1. The quantitative estimate of drug-likeness (QED) is 0.761. The van der Waals surface area contributed by atoms with Gasteiger partial charge in [0.1, 0.15) is 0 Å². The molecule has 1 atom stereocenters. The minimum atomic E-state index is -0.0353. The molecule has 2 N–H and O–H groups in total. The van der Waals surface area contributed by atoms with Crippen LogP contribution in [0.5, 0.6) is 0 Å². The van der Waals surface area contributed by atoms with Crippen molar-refractivity contribution in [1.29, 1.82) is 0 Å². The molecule has 0 aliphatic rings. The Kier molecular flexibility index (Phi) is 6.26. The van der Waals surface area contributed by atoms with Gasteiger partial charge in [-0.2, -0.15) is 5.10 Å². The Labute approximate surface area is 111 Å². The fourth-order valence-electron chi connectivity index (χ4n) is 1.82. The van der Waals surface area contributed by atoms with Crippen molar-refractivity contribution in [3.63, 3.8) is 0 Å². The predicted octanol–water partition coefficient (Wildman–Crippen LogP) is 2.65. The topological polar surface area (TPSA) is 57.8 Å². The van der Waals surface area contributed by atoms with Crippen LogP contribution in [0.15, 0.2) is 6.20 Å². The van der Waals surface area contributed by atoms with Crippen LogP contribution in [0.1, 0.15) is 42.2 Å². The van der Waals surface area contributed by atoms with E-state index in [2.05, 4.69) is 38.4 Å². The van der Waals surface area contributed by atoms with E-state index in [0.717, 1.165) is 36.8 Å². The van der Waals surface area contributed by atoms with E-state index in [4.69, 9.17) is 0 Å². The van der Waals surface area contributed by atoms with Crippen LogP contribution in [-0.4, -0.2) is 28.0 Å². The number of aryl methyl sites for hydroxylation is 1. The molecule has 0 bridgehead atoms. The van der Waals surface area contributed by atoms with Gasteiger partial charge in [0.15, 0.2) is 0 Å². The number of hydrogen-bond acceptors (Lipinski definition) is 2. The molecule has 0 saturated heterocycles. The summed E-state index contributed by atoms with van der Waals surface area (Å²) in [5.74, 6) is 0.516. The highest BCUT2D eigenvalue weighted by Gasteiger charge is 2.13. The van der Waals surface area contributed by atoms with Crippen molar-refractivity contribution < 1.29 is 4.79 Å². The van der Waals surface area contributed by atoms with Gasteiger partial charge in [-0.15, -0.1) is 0 Å². The lowest BCUT2D eigenvalue weighted by Gasteiger charge is -2.15. The van der Waals surface area contributed by atoms with Crippen molar-refractivity contribution in [3.8, 4) is 0 Å². The van der Waals surface area contributed by atoms with E-state index >= 15 is 0 Å². The van der Waals surface area contributed by atoms with Crippen molar-refractivity contribution in [2.45, 2.75) is 33.1 Å². The lowest BCUT2D eigenvalue weighted by molar-refractivity contribution is 0.0945. The first-order valence-corrected chi connectivity index (χ1v) is 7.15. The van der Waals surface area contributed by atoms with E-state index in [1.54, 1.807) is 6.20 Å². The summed E-state index contributed by atoms with van der Waals surface area (Å²) < 4.78 is 0. The van der Waals surface area contributed by atoms with Gasteiger partial charge in [-0.25, -0.2) is 0 Å². The lowest BCUT2D eigenvalue weighted by atomic mass is 10.0. The number of aromatic nitrogens is 2. The van der Waals surface area contributed by atoms with E-state index in [-0.39, 0.29) is 5.91 Å². The number of carbonyl (C=O) groups excluding carboxylic acids is 1. The van der Waals surface area contributed by atoms with Crippen LogP contribution in [0.3, 0.4) is 0 Å². The molecule has 0 spiro atoms. The molecule has 0 saturated carbocycles. The minimum Gasteiger partial charge on any atom is -0.352 e. The molecule has 96 valence electrons. The number of amides is 1. The smallest absolute Gasteiger partial charge is 0.254 e. The lowest BCUT2D eigenvalue weighted by Crippen LogP contribution is -2.29. The molecule has 5 heteroatoms. The first-order valence-electron chi connectivity index (χ1n) is 6.03. The van der Waals surface area contributed by atoms with E-state index in [9.17, 15) is 4.79 Å². The number of rotatable bonds is 7. The third kappa shape index (κ3) is 4.50. The number of nitrogens with zero attached hydrogens (tertiary/aromatic N) is 1. The first-order chi connectivity index (χ1) is 8.19. The molecule has 0 aliphatic carbocycles. The highest BCUT2D eigenvalue weighted by molar-refractivity contribution is 9.09. The number of nitrogens with one attached hydrogen (secondary N) is 2. The van der Waals surface area contributed by atoms with Crippen molar-refractivity contribution in [3.05, 3.63) is 17.5 Å². The largest absolute Gasteiger partial charge is 0.352 e. The van der Waals surface area contributed by atoms with Gasteiger partial charge in [0.25, 0.3) is 5.91 Å². The molecule has 1 rings (SSSR count). The van der Waals surface area contributed by atoms with Gasteiger partial charge in [0, 0.05) is 17.6 Å². The SMILES string of the molecule is CCCC(CCBr)CNC(=O)c1cn[nH]c1C. The summed E-state index contributed by atoms with van der Waals surface area (Å²) in [4.78, 5) is 11.9. The molecular weight excluding hydrogens is 282 g/mol. The van der Waals surface area contributed by atoms with Crippen molar-refractivity contribution in [2.24, 2.45) is 5.92 Å². The molecule has 1 heterocycles. The standard InChI is InChI=1S/C12H20BrN3O/c1-3-4-10(5-6-13)7-14-12(17)11-8-15-16-9(11)2/h8,10H,3-7H2,1-2H3,(H,14,17)(H,15,16). The van der Waals surface area contributed by atoms with Crippen LogP contribution in [0, 0.1) is 12.8 Å². The number of hydrogen-bond donors (Lipinski definition) is 2. The number of alkyl halides is 1. The molecule has 4 nitrogen and oxygen atoms in total. The Morgan fingerprint density at radius 1 is 1.59 bits per heavy atom. The molecule has 0 fully saturated rings. The van der Waals surface area contributed by atoms with Gasteiger partial charge >= 0.3 is 0 Å². The second kappa shape index (κ2) is 7.48. The van der Waals surface area contributed by atoms with Gasteiger partial charge in [-0.05, 0) is 25.7 Å². The summed E-state index contributed by atoms with van der Waals surface area (Å²) in [6.45, 7) is 4.76. The van der Waals surface area contributed by atoms with Gasteiger partial charge in [0.05, 0.1) is 11.8 Å². The molecule has 0 aliphatic heterocycles. The molecule has 0 radical (unpaired) electrons. The maximum absolute atomic E-state index is 11.9. The molecule has 1 aromatic heterocycles. The number of H-pyrrole nitrogens is 1. The van der Waals surface area contributed by atoms with Gasteiger partial charge in [-0.3, -0.25) is 9.89 Å². The van der Waals surface area contributed by atoms with Crippen LogP contribution in [0.25, 0.3) is 0 Å². The fourth-order valence-corrected chi connectivity index (χ4v) is 2.47. The second-order valence-electron chi connectivity index (χ2n) is 4.25. The average molecular weight is 302 g/mol. The summed E-state index contributed by atoms with van der Waals surface area (Å²) in [5.41, 5.74) is 1.45. The molecule has 1 unspecified atom stereocenters. The van der Waals surface area contributed by atoms with E-state index in [1.165, 1.54) is 0 Å². The first kappa shape index (κ1) is 14.2. The monoisotopic (exact) mass is 301 g/mol. The summed E-state index contributed by atoms with van der Waals surface area (Å²) in [6.07, 6.45) is 4.97. The Morgan fingerprint density at radius 2 is 2.35 bits per heavy atom. The third-order valence-electron chi connectivity index (χ3n) is 2.84. The van der Waals surface area contributed by atoms with Gasteiger partial charge in [0.2, 0.25) is 0 Å².